The molecule has 1 aliphatic rings. The van der Waals surface area contributed by atoms with E-state index in [0.29, 0.717) is 27.6 Å². The number of anilines is 1. The number of benzene rings is 3. The second-order valence-corrected chi connectivity index (χ2v) is 7.31. The van der Waals surface area contributed by atoms with Gasteiger partial charge in [-0.2, -0.15) is 0 Å². The minimum absolute atomic E-state index is 0.130. The fourth-order valence-electron chi connectivity index (χ4n) is 3.14. The minimum Gasteiger partial charge on any atom is -0.449 e. The molecule has 0 aromatic heterocycles. The van der Waals surface area contributed by atoms with Crippen molar-refractivity contribution in [3.05, 3.63) is 100 Å². The van der Waals surface area contributed by atoms with Crippen LogP contribution in [0.25, 0.3) is 6.08 Å². The van der Waals surface area contributed by atoms with Crippen LogP contribution in [0.5, 0.6) is 5.75 Å². The largest absolute Gasteiger partial charge is 0.449 e. The van der Waals surface area contributed by atoms with E-state index in [4.69, 9.17) is 16.3 Å². The highest BCUT2D eigenvalue weighted by Gasteiger charge is 2.24. The zero-order valence-corrected chi connectivity index (χ0v) is 16.9. The smallest absolute Gasteiger partial charge is 0.291 e. The van der Waals surface area contributed by atoms with Crippen LogP contribution >= 0.6 is 11.6 Å². The van der Waals surface area contributed by atoms with Crippen molar-refractivity contribution in [3.8, 4) is 5.75 Å². The second kappa shape index (κ2) is 8.43. The average molecular weight is 419 g/mol. The summed E-state index contributed by atoms with van der Waals surface area (Å²) in [4.78, 5) is 25.1. The number of ether oxygens (including phenoxy) is 1. The number of carbonyl (C=O) groups excluding carboxylic acids is 2. The molecule has 0 saturated heterocycles. The third kappa shape index (κ3) is 4.21. The fraction of sp³-hybridized carbons (Fsp3) is 0.0833. The lowest BCUT2D eigenvalue weighted by Gasteiger charge is -2.21. The van der Waals surface area contributed by atoms with Crippen molar-refractivity contribution >= 4 is 35.2 Å². The van der Waals surface area contributed by atoms with Gasteiger partial charge in [0.05, 0.1) is 11.7 Å². The van der Waals surface area contributed by atoms with Crippen molar-refractivity contribution < 1.29 is 14.3 Å². The van der Waals surface area contributed by atoms with E-state index in [1.807, 2.05) is 49.4 Å². The van der Waals surface area contributed by atoms with Gasteiger partial charge in [-0.25, -0.2) is 0 Å². The molecule has 1 heterocycles. The molecular formula is C24H19ClN2O3. The van der Waals surface area contributed by atoms with Crippen molar-refractivity contribution in [1.29, 1.82) is 0 Å². The standard InChI is InChI=1S/C24H19ClN2O3/c1-15(16-7-3-2-4-8-16)26-23(28)18-11-12-21-20(13-18)27-24(29)22(30-21)14-17-9-5-6-10-19(17)25/h2-15H,1H3,(H,26,28)(H,27,29). The lowest BCUT2D eigenvalue weighted by molar-refractivity contribution is -0.115. The maximum atomic E-state index is 12.6. The Morgan fingerprint density at radius 1 is 1.07 bits per heavy atom. The molecule has 3 aromatic rings. The van der Waals surface area contributed by atoms with Gasteiger partial charge in [-0.3, -0.25) is 9.59 Å². The van der Waals surface area contributed by atoms with E-state index in [-0.39, 0.29) is 17.7 Å². The van der Waals surface area contributed by atoms with Gasteiger partial charge in [-0.05, 0) is 48.4 Å². The molecule has 0 fully saturated rings. The van der Waals surface area contributed by atoms with Crippen molar-refractivity contribution in [2.75, 3.05) is 5.32 Å². The minimum atomic E-state index is -0.405. The van der Waals surface area contributed by atoms with Crippen LogP contribution in [-0.2, 0) is 4.79 Å². The molecule has 0 aliphatic carbocycles. The zero-order chi connectivity index (χ0) is 21.1. The molecule has 0 bridgehead atoms. The summed E-state index contributed by atoms with van der Waals surface area (Å²) in [5, 5.41) is 6.25. The number of fused-ring (bicyclic) bond motifs is 1. The highest BCUT2D eigenvalue weighted by Crippen LogP contribution is 2.33. The Kier molecular flexibility index (Phi) is 5.55. The predicted molar refractivity (Wildman–Crippen MR) is 117 cm³/mol. The van der Waals surface area contributed by atoms with E-state index in [0.717, 1.165) is 5.56 Å². The number of hydrogen-bond donors (Lipinski definition) is 2. The van der Waals surface area contributed by atoms with Gasteiger partial charge >= 0.3 is 0 Å². The molecule has 150 valence electrons. The maximum Gasteiger partial charge on any atom is 0.291 e. The van der Waals surface area contributed by atoms with Crippen LogP contribution in [0.4, 0.5) is 5.69 Å². The number of carbonyl (C=O) groups is 2. The van der Waals surface area contributed by atoms with Gasteiger partial charge in [0.2, 0.25) is 0 Å². The molecule has 6 heteroatoms. The van der Waals surface area contributed by atoms with Gasteiger partial charge in [0.25, 0.3) is 11.8 Å². The van der Waals surface area contributed by atoms with E-state index < -0.39 is 5.91 Å². The van der Waals surface area contributed by atoms with Crippen LogP contribution in [0.2, 0.25) is 5.02 Å². The van der Waals surface area contributed by atoms with Gasteiger partial charge in [0.1, 0.15) is 0 Å². The third-order valence-electron chi connectivity index (χ3n) is 4.77. The summed E-state index contributed by atoms with van der Waals surface area (Å²) in [6, 6.07) is 21.7. The third-order valence-corrected chi connectivity index (χ3v) is 5.12. The second-order valence-electron chi connectivity index (χ2n) is 6.90. The Morgan fingerprint density at radius 2 is 1.80 bits per heavy atom. The van der Waals surface area contributed by atoms with E-state index in [2.05, 4.69) is 10.6 Å². The highest BCUT2D eigenvalue weighted by molar-refractivity contribution is 6.32. The van der Waals surface area contributed by atoms with Crippen molar-refractivity contribution in [3.63, 3.8) is 0 Å². The van der Waals surface area contributed by atoms with Gasteiger partial charge in [0.15, 0.2) is 11.5 Å². The van der Waals surface area contributed by atoms with E-state index >= 15 is 0 Å². The molecule has 2 amide bonds. The molecule has 4 rings (SSSR count). The number of hydrogen-bond acceptors (Lipinski definition) is 3. The first-order valence-electron chi connectivity index (χ1n) is 9.46. The molecule has 5 nitrogen and oxygen atoms in total. The van der Waals surface area contributed by atoms with Crippen LogP contribution < -0.4 is 15.4 Å². The molecule has 2 N–H and O–H groups in total. The lowest BCUT2D eigenvalue weighted by Crippen LogP contribution is -2.27. The quantitative estimate of drug-likeness (QED) is 0.572. The predicted octanol–water partition coefficient (Wildman–Crippen LogP) is 5.20. The first kappa shape index (κ1) is 19.7. The molecule has 1 unspecified atom stereocenters. The van der Waals surface area contributed by atoms with Gasteiger partial charge in [-0.1, -0.05) is 60.1 Å². The summed E-state index contributed by atoms with van der Waals surface area (Å²) in [6.07, 6.45) is 1.59. The van der Waals surface area contributed by atoms with Crippen LogP contribution in [0, 0.1) is 0 Å². The number of amides is 2. The van der Waals surface area contributed by atoms with Gasteiger partial charge in [-0.15, -0.1) is 0 Å². The average Bonchev–Trinajstić information content (AvgIpc) is 2.76. The maximum absolute atomic E-state index is 12.6. The number of halogens is 1. The first-order chi connectivity index (χ1) is 14.5. The molecule has 0 saturated carbocycles. The number of nitrogens with one attached hydrogen (secondary N) is 2. The normalized spacial score (nSPS) is 15.0. The Balaban J connectivity index is 1.52. The van der Waals surface area contributed by atoms with Gasteiger partial charge in [0, 0.05) is 10.6 Å². The topological polar surface area (TPSA) is 67.4 Å². The SMILES string of the molecule is CC(NC(=O)c1ccc2c(c1)NC(=O)C(=Cc1ccccc1Cl)O2)c1ccccc1. The Hall–Kier alpha value is -3.57. The zero-order valence-electron chi connectivity index (χ0n) is 16.2. The molecule has 1 aliphatic heterocycles. The van der Waals surface area contributed by atoms with Crippen LogP contribution in [0.3, 0.4) is 0 Å². The Morgan fingerprint density at radius 3 is 2.57 bits per heavy atom. The molecular weight excluding hydrogens is 400 g/mol. The summed E-state index contributed by atoms with van der Waals surface area (Å²) in [5.41, 5.74) is 2.56. The van der Waals surface area contributed by atoms with E-state index in [9.17, 15) is 9.59 Å². The van der Waals surface area contributed by atoms with E-state index in [1.54, 1.807) is 36.4 Å². The van der Waals surface area contributed by atoms with Crippen LogP contribution in [0.1, 0.15) is 34.5 Å². The summed E-state index contributed by atoms with van der Waals surface area (Å²) in [7, 11) is 0. The lowest BCUT2D eigenvalue weighted by atomic mass is 10.1. The summed E-state index contributed by atoms with van der Waals surface area (Å²) in [5.74, 6) is -0.0514. The van der Waals surface area contributed by atoms with E-state index in [1.165, 1.54) is 0 Å². The summed E-state index contributed by atoms with van der Waals surface area (Å²) in [6.45, 7) is 1.92. The Labute approximate surface area is 179 Å². The molecule has 30 heavy (non-hydrogen) atoms. The summed E-state index contributed by atoms with van der Waals surface area (Å²) >= 11 is 6.16. The van der Waals surface area contributed by atoms with Crippen molar-refractivity contribution in [2.24, 2.45) is 0 Å². The van der Waals surface area contributed by atoms with Crippen LogP contribution in [-0.4, -0.2) is 11.8 Å². The van der Waals surface area contributed by atoms with Crippen molar-refractivity contribution in [2.45, 2.75) is 13.0 Å². The molecule has 3 aromatic carbocycles. The monoisotopic (exact) mass is 418 g/mol. The Bertz CT molecular complexity index is 1140. The molecule has 0 radical (unpaired) electrons. The molecule has 1 atom stereocenters. The van der Waals surface area contributed by atoms with Gasteiger partial charge < -0.3 is 15.4 Å². The molecule has 0 spiro atoms. The highest BCUT2D eigenvalue weighted by atomic mass is 35.5. The van der Waals surface area contributed by atoms with Crippen molar-refractivity contribution in [1.82, 2.24) is 5.32 Å². The first-order valence-corrected chi connectivity index (χ1v) is 9.84. The fourth-order valence-corrected chi connectivity index (χ4v) is 3.33. The van der Waals surface area contributed by atoms with Crippen LogP contribution in [0.15, 0.2) is 78.6 Å². The number of rotatable bonds is 4. The summed E-state index contributed by atoms with van der Waals surface area (Å²) < 4.78 is 5.75.